The van der Waals surface area contributed by atoms with Gasteiger partial charge in [-0.1, -0.05) is 42.5 Å². The fourth-order valence-corrected chi connectivity index (χ4v) is 5.57. The number of carbonyl (C=O) groups excluding carboxylic acids is 4. The lowest BCUT2D eigenvalue weighted by molar-refractivity contribution is -0.143. The van der Waals surface area contributed by atoms with Crippen LogP contribution in [0.1, 0.15) is 60.4 Å². The summed E-state index contributed by atoms with van der Waals surface area (Å²) in [6.45, 7) is -0.504. The van der Waals surface area contributed by atoms with Crippen LogP contribution < -0.4 is 4.74 Å². The van der Waals surface area contributed by atoms with E-state index in [1.165, 1.54) is 0 Å². The van der Waals surface area contributed by atoms with Crippen molar-refractivity contribution in [3.05, 3.63) is 88.3 Å². The third kappa shape index (κ3) is 4.86. The summed E-state index contributed by atoms with van der Waals surface area (Å²) in [6.07, 6.45) is 3.45. The number of rotatable bonds is 7. The predicted octanol–water partition coefficient (Wildman–Crippen LogP) is 4.53. The summed E-state index contributed by atoms with van der Waals surface area (Å²) < 4.78 is 10.7. The van der Waals surface area contributed by atoms with Gasteiger partial charge in [0.2, 0.25) is 0 Å². The number of ketones is 3. The maximum absolute atomic E-state index is 13.3. The van der Waals surface area contributed by atoms with Gasteiger partial charge in [-0.05, 0) is 43.4 Å². The van der Waals surface area contributed by atoms with E-state index in [1.807, 2.05) is 35.2 Å². The number of ether oxygens (including phenoxy) is 2. The molecule has 0 amide bonds. The predicted molar refractivity (Wildman–Crippen MR) is 136 cm³/mol. The second-order valence-corrected chi connectivity index (χ2v) is 9.52. The molecular weight excluding hydrogens is 470 g/mol. The number of Topliss-reactive ketones (excluding diaryl/α,β-unsaturated/α-hetero) is 3. The molecule has 37 heavy (non-hydrogen) atoms. The summed E-state index contributed by atoms with van der Waals surface area (Å²) in [4.78, 5) is 53.8. The van der Waals surface area contributed by atoms with Crippen LogP contribution >= 0.6 is 0 Å². The second kappa shape index (κ2) is 10.5. The summed E-state index contributed by atoms with van der Waals surface area (Å²) in [6, 6.07) is 16.2. The topological polar surface area (TPSA) is 90.0 Å². The third-order valence-electron chi connectivity index (χ3n) is 7.28. The van der Waals surface area contributed by atoms with Crippen LogP contribution in [0.2, 0.25) is 0 Å². The molecule has 0 spiro atoms. The lowest BCUT2D eigenvalue weighted by Crippen LogP contribution is -2.41. The Morgan fingerprint density at radius 3 is 2.00 bits per heavy atom. The van der Waals surface area contributed by atoms with Crippen molar-refractivity contribution in [2.45, 2.75) is 44.4 Å². The van der Waals surface area contributed by atoms with Crippen LogP contribution in [0.15, 0.2) is 77.1 Å². The van der Waals surface area contributed by atoms with Crippen LogP contribution in [0.25, 0.3) is 0 Å². The minimum Gasteiger partial charge on any atom is -0.497 e. The molecule has 0 unspecified atom stereocenters. The van der Waals surface area contributed by atoms with E-state index in [9.17, 15) is 19.2 Å². The maximum Gasteiger partial charge on any atom is 0.326 e. The Morgan fingerprint density at radius 2 is 1.43 bits per heavy atom. The first-order chi connectivity index (χ1) is 18.0. The summed E-state index contributed by atoms with van der Waals surface area (Å²) in [7, 11) is 1.59. The zero-order valence-corrected chi connectivity index (χ0v) is 20.8. The highest BCUT2D eigenvalue weighted by Crippen LogP contribution is 2.49. The molecule has 7 heteroatoms. The number of allylic oxidation sites excluding steroid dienone is 4. The molecule has 1 aliphatic heterocycles. The summed E-state index contributed by atoms with van der Waals surface area (Å²) in [5, 5.41) is 0. The van der Waals surface area contributed by atoms with Gasteiger partial charge in [0.15, 0.2) is 24.0 Å². The Kier molecular flexibility index (Phi) is 7.04. The average Bonchev–Trinajstić information content (AvgIpc) is 2.93. The monoisotopic (exact) mass is 499 g/mol. The SMILES string of the molecule is COc1ccc(C2C3=C(CCCC3=O)N(CC(=O)OCC(=O)c3ccccc3)C3=C2C(=O)CCC3)cc1. The van der Waals surface area contributed by atoms with Gasteiger partial charge in [-0.15, -0.1) is 0 Å². The van der Waals surface area contributed by atoms with Crippen molar-refractivity contribution < 1.29 is 28.7 Å². The van der Waals surface area contributed by atoms with Gasteiger partial charge in [0, 0.05) is 46.9 Å². The van der Waals surface area contributed by atoms with Gasteiger partial charge < -0.3 is 14.4 Å². The highest BCUT2D eigenvalue weighted by atomic mass is 16.5. The Bertz CT molecular complexity index is 1260. The summed E-state index contributed by atoms with van der Waals surface area (Å²) in [5.74, 6) is -0.602. The Morgan fingerprint density at radius 1 is 0.838 bits per heavy atom. The number of carbonyl (C=O) groups is 4. The molecular formula is C30H29NO6. The first-order valence-corrected chi connectivity index (χ1v) is 12.7. The third-order valence-corrected chi connectivity index (χ3v) is 7.28. The van der Waals surface area contributed by atoms with E-state index in [2.05, 4.69) is 0 Å². The summed E-state index contributed by atoms with van der Waals surface area (Å²) in [5.41, 5.74) is 4.11. The Balaban J connectivity index is 1.47. The molecule has 2 aromatic rings. The van der Waals surface area contributed by atoms with Gasteiger partial charge in [-0.3, -0.25) is 19.2 Å². The van der Waals surface area contributed by atoms with Gasteiger partial charge in [0.1, 0.15) is 12.3 Å². The highest BCUT2D eigenvalue weighted by Gasteiger charge is 2.43. The highest BCUT2D eigenvalue weighted by molar-refractivity contribution is 6.06. The maximum atomic E-state index is 13.3. The second-order valence-electron chi connectivity index (χ2n) is 9.52. The number of nitrogens with zero attached hydrogens (tertiary/aromatic N) is 1. The first-order valence-electron chi connectivity index (χ1n) is 12.7. The van der Waals surface area contributed by atoms with Gasteiger partial charge >= 0.3 is 5.97 Å². The molecule has 0 N–H and O–H groups in total. The average molecular weight is 500 g/mol. The fraction of sp³-hybridized carbons (Fsp3) is 0.333. The van der Waals surface area contributed by atoms with E-state index in [0.717, 1.165) is 17.0 Å². The smallest absolute Gasteiger partial charge is 0.326 e. The molecule has 2 aromatic carbocycles. The van der Waals surface area contributed by atoms with Crippen molar-refractivity contribution in [1.82, 2.24) is 4.90 Å². The molecule has 5 rings (SSSR count). The van der Waals surface area contributed by atoms with Crippen LogP contribution in [0.3, 0.4) is 0 Å². The molecule has 3 aliphatic rings. The number of esters is 1. The lowest BCUT2D eigenvalue weighted by Gasteiger charge is -2.43. The molecule has 0 radical (unpaired) electrons. The van der Waals surface area contributed by atoms with Gasteiger partial charge in [-0.2, -0.15) is 0 Å². The number of hydrogen-bond donors (Lipinski definition) is 0. The molecule has 1 heterocycles. The number of benzene rings is 2. The zero-order chi connectivity index (χ0) is 25.9. The van der Waals surface area contributed by atoms with Crippen LogP contribution in [-0.2, 0) is 19.1 Å². The number of hydrogen-bond acceptors (Lipinski definition) is 7. The zero-order valence-electron chi connectivity index (χ0n) is 20.8. The van der Waals surface area contributed by atoms with Crippen molar-refractivity contribution in [3.63, 3.8) is 0 Å². The molecule has 2 aliphatic carbocycles. The van der Waals surface area contributed by atoms with E-state index in [-0.39, 0.29) is 30.5 Å². The standard InChI is InChI=1S/C30H29NO6/c1-36-21-15-13-20(14-16-21)28-29-22(9-5-11-24(29)32)31(23-10-6-12-25(33)30(23)28)17-27(35)37-18-26(34)19-7-3-2-4-8-19/h2-4,7-8,13-16,28H,5-6,9-12,17-18H2,1H3. The van der Waals surface area contributed by atoms with Crippen LogP contribution in [0, 0.1) is 0 Å². The van der Waals surface area contributed by atoms with Crippen LogP contribution in [0.4, 0.5) is 0 Å². The van der Waals surface area contributed by atoms with Crippen molar-refractivity contribution in [2.24, 2.45) is 0 Å². The molecule has 0 bridgehead atoms. The van der Waals surface area contributed by atoms with Crippen molar-refractivity contribution >= 4 is 23.3 Å². The van der Waals surface area contributed by atoms with Gasteiger partial charge in [-0.25, -0.2) is 0 Å². The molecule has 0 saturated heterocycles. The first kappa shape index (κ1) is 24.7. The van der Waals surface area contributed by atoms with Crippen molar-refractivity contribution in [1.29, 1.82) is 0 Å². The fourth-order valence-electron chi connectivity index (χ4n) is 5.57. The van der Waals surface area contributed by atoms with E-state index in [1.54, 1.807) is 31.4 Å². The van der Waals surface area contributed by atoms with E-state index in [0.29, 0.717) is 61.0 Å². The van der Waals surface area contributed by atoms with E-state index >= 15 is 0 Å². The normalized spacial score (nSPS) is 17.9. The van der Waals surface area contributed by atoms with Crippen LogP contribution in [-0.4, -0.2) is 48.5 Å². The Labute approximate surface area is 215 Å². The van der Waals surface area contributed by atoms with E-state index < -0.39 is 11.9 Å². The minimum absolute atomic E-state index is 0.00427. The molecule has 0 saturated carbocycles. The molecule has 0 atom stereocenters. The lowest BCUT2D eigenvalue weighted by atomic mass is 9.71. The minimum atomic E-state index is -0.568. The van der Waals surface area contributed by atoms with E-state index in [4.69, 9.17) is 9.47 Å². The molecule has 190 valence electrons. The summed E-state index contributed by atoms with van der Waals surface area (Å²) >= 11 is 0. The van der Waals surface area contributed by atoms with Gasteiger partial charge in [0.05, 0.1) is 7.11 Å². The number of methoxy groups -OCH3 is 1. The van der Waals surface area contributed by atoms with Crippen molar-refractivity contribution in [2.75, 3.05) is 20.3 Å². The Hall–Kier alpha value is -4.00. The molecule has 7 nitrogen and oxygen atoms in total. The molecule has 0 aromatic heterocycles. The van der Waals surface area contributed by atoms with Crippen molar-refractivity contribution in [3.8, 4) is 5.75 Å². The largest absolute Gasteiger partial charge is 0.497 e. The van der Waals surface area contributed by atoms with Crippen LogP contribution in [0.5, 0.6) is 5.75 Å². The quantitative estimate of drug-likeness (QED) is 0.408. The van der Waals surface area contributed by atoms with Gasteiger partial charge in [0.25, 0.3) is 0 Å². The molecule has 0 fully saturated rings.